The van der Waals surface area contributed by atoms with Gasteiger partial charge in [-0.2, -0.15) is 0 Å². The minimum absolute atomic E-state index is 0.422. The Bertz CT molecular complexity index is 540. The number of hydrogen-bond donors (Lipinski definition) is 2. The molecule has 1 atom stereocenters. The highest BCUT2D eigenvalue weighted by Crippen LogP contribution is 2.26. The zero-order chi connectivity index (χ0) is 13.1. The molecule has 1 aromatic heterocycles. The second kappa shape index (κ2) is 5.29. The van der Waals surface area contributed by atoms with E-state index in [1.807, 2.05) is 6.92 Å². The number of nitrogens with two attached hydrogens (primary N) is 1. The van der Waals surface area contributed by atoms with Gasteiger partial charge in [-0.1, -0.05) is 13.0 Å². The Morgan fingerprint density at radius 3 is 2.67 bits per heavy atom. The summed E-state index contributed by atoms with van der Waals surface area (Å²) >= 11 is 0. The van der Waals surface area contributed by atoms with Crippen LogP contribution >= 0.6 is 0 Å². The van der Waals surface area contributed by atoms with Gasteiger partial charge in [0, 0.05) is 12.0 Å². The lowest BCUT2D eigenvalue weighted by molar-refractivity contribution is 0.495. The van der Waals surface area contributed by atoms with Gasteiger partial charge >= 0.3 is 0 Å². The molecule has 2 aromatic rings. The van der Waals surface area contributed by atoms with Crippen LogP contribution in [-0.2, 0) is 6.42 Å². The van der Waals surface area contributed by atoms with Gasteiger partial charge in [0.25, 0.3) is 0 Å². The van der Waals surface area contributed by atoms with Crippen molar-refractivity contribution in [2.75, 3.05) is 0 Å². The Kier molecular flexibility index (Phi) is 3.74. The van der Waals surface area contributed by atoms with E-state index in [0.29, 0.717) is 12.0 Å². The smallest absolute Gasteiger partial charge is 0.159 e. The van der Waals surface area contributed by atoms with Crippen molar-refractivity contribution in [2.45, 2.75) is 19.4 Å². The molecule has 0 aliphatic heterocycles. The SMILES string of the molecule is CCc1occc1C(NN)c1ccc(F)c(F)c1. The number of furan rings is 1. The summed E-state index contributed by atoms with van der Waals surface area (Å²) in [5.41, 5.74) is 3.97. The van der Waals surface area contributed by atoms with E-state index in [4.69, 9.17) is 10.3 Å². The van der Waals surface area contributed by atoms with Crippen LogP contribution in [0.5, 0.6) is 0 Å². The molecule has 3 N–H and O–H groups in total. The van der Waals surface area contributed by atoms with Gasteiger partial charge in [0.2, 0.25) is 0 Å². The van der Waals surface area contributed by atoms with Crippen LogP contribution in [0.4, 0.5) is 8.78 Å². The summed E-state index contributed by atoms with van der Waals surface area (Å²) in [6, 6.07) is 5.06. The van der Waals surface area contributed by atoms with Crippen LogP contribution in [0.1, 0.15) is 29.9 Å². The number of aryl methyl sites for hydroxylation is 1. The summed E-state index contributed by atoms with van der Waals surface area (Å²) in [6.07, 6.45) is 2.25. The highest BCUT2D eigenvalue weighted by molar-refractivity contribution is 5.33. The van der Waals surface area contributed by atoms with E-state index in [9.17, 15) is 8.78 Å². The lowest BCUT2D eigenvalue weighted by Crippen LogP contribution is -2.29. The van der Waals surface area contributed by atoms with E-state index in [2.05, 4.69) is 5.43 Å². The maximum atomic E-state index is 13.2. The fraction of sp³-hybridized carbons (Fsp3) is 0.231. The summed E-state index contributed by atoms with van der Waals surface area (Å²) in [5.74, 6) is 4.49. The first-order valence-electron chi connectivity index (χ1n) is 5.64. The normalized spacial score (nSPS) is 12.7. The van der Waals surface area contributed by atoms with Crippen LogP contribution in [0.15, 0.2) is 34.9 Å². The zero-order valence-corrected chi connectivity index (χ0v) is 9.91. The molecule has 0 saturated heterocycles. The average Bonchev–Trinajstić information content (AvgIpc) is 2.83. The lowest BCUT2D eigenvalue weighted by Gasteiger charge is -2.16. The van der Waals surface area contributed by atoms with Crippen molar-refractivity contribution < 1.29 is 13.2 Å². The van der Waals surface area contributed by atoms with Crippen molar-refractivity contribution in [1.29, 1.82) is 0 Å². The van der Waals surface area contributed by atoms with Crippen molar-refractivity contribution >= 4 is 0 Å². The third kappa shape index (κ3) is 2.27. The third-order valence-electron chi connectivity index (χ3n) is 2.86. The van der Waals surface area contributed by atoms with Crippen LogP contribution < -0.4 is 11.3 Å². The van der Waals surface area contributed by atoms with Gasteiger partial charge in [-0.3, -0.25) is 5.84 Å². The van der Waals surface area contributed by atoms with Crippen LogP contribution in [0.25, 0.3) is 0 Å². The number of hydrazine groups is 1. The standard InChI is InChI=1S/C13H14F2N2O/c1-2-12-9(5-6-18-12)13(17-16)8-3-4-10(14)11(15)7-8/h3-7,13,17H,2,16H2,1H3. The van der Waals surface area contributed by atoms with E-state index in [1.165, 1.54) is 6.07 Å². The Hall–Kier alpha value is -1.72. The first-order chi connectivity index (χ1) is 8.67. The fourth-order valence-corrected chi connectivity index (χ4v) is 1.95. The van der Waals surface area contributed by atoms with Crippen LogP contribution in [0, 0.1) is 11.6 Å². The molecule has 3 nitrogen and oxygen atoms in total. The minimum Gasteiger partial charge on any atom is -0.469 e. The van der Waals surface area contributed by atoms with Gasteiger partial charge in [0.15, 0.2) is 11.6 Å². The van der Waals surface area contributed by atoms with Gasteiger partial charge < -0.3 is 4.42 Å². The Morgan fingerprint density at radius 1 is 1.28 bits per heavy atom. The monoisotopic (exact) mass is 252 g/mol. The van der Waals surface area contributed by atoms with Crippen LogP contribution in [0.3, 0.4) is 0 Å². The Balaban J connectivity index is 2.42. The van der Waals surface area contributed by atoms with Gasteiger partial charge in [-0.05, 0) is 23.8 Å². The summed E-state index contributed by atoms with van der Waals surface area (Å²) in [7, 11) is 0. The number of hydrogen-bond acceptors (Lipinski definition) is 3. The highest BCUT2D eigenvalue weighted by atomic mass is 19.2. The maximum Gasteiger partial charge on any atom is 0.159 e. The first-order valence-corrected chi connectivity index (χ1v) is 5.64. The quantitative estimate of drug-likeness (QED) is 0.649. The summed E-state index contributed by atoms with van der Waals surface area (Å²) in [5, 5.41) is 0. The van der Waals surface area contributed by atoms with Crippen molar-refractivity contribution in [2.24, 2.45) is 5.84 Å². The molecule has 18 heavy (non-hydrogen) atoms. The minimum atomic E-state index is -0.894. The topological polar surface area (TPSA) is 51.2 Å². The van der Waals surface area contributed by atoms with E-state index in [1.54, 1.807) is 12.3 Å². The van der Waals surface area contributed by atoms with Crippen molar-refractivity contribution in [3.8, 4) is 0 Å². The lowest BCUT2D eigenvalue weighted by atomic mass is 9.99. The molecule has 0 aliphatic carbocycles. The van der Waals surface area contributed by atoms with Gasteiger partial charge in [0.05, 0.1) is 12.3 Å². The third-order valence-corrected chi connectivity index (χ3v) is 2.86. The summed E-state index contributed by atoms with van der Waals surface area (Å²) in [4.78, 5) is 0. The number of benzene rings is 1. The van der Waals surface area contributed by atoms with E-state index in [0.717, 1.165) is 23.5 Å². The fourth-order valence-electron chi connectivity index (χ4n) is 1.95. The molecule has 0 amide bonds. The zero-order valence-electron chi connectivity index (χ0n) is 9.91. The van der Waals surface area contributed by atoms with E-state index >= 15 is 0 Å². The Morgan fingerprint density at radius 2 is 2.06 bits per heavy atom. The van der Waals surface area contributed by atoms with Crippen LogP contribution in [-0.4, -0.2) is 0 Å². The molecule has 0 fully saturated rings. The second-order valence-corrected chi connectivity index (χ2v) is 3.93. The summed E-state index contributed by atoms with van der Waals surface area (Å²) in [6.45, 7) is 1.95. The molecular weight excluding hydrogens is 238 g/mol. The molecule has 0 bridgehead atoms. The second-order valence-electron chi connectivity index (χ2n) is 3.93. The molecule has 1 heterocycles. The molecule has 2 rings (SSSR count). The van der Waals surface area contributed by atoms with Crippen LogP contribution in [0.2, 0.25) is 0 Å². The van der Waals surface area contributed by atoms with Gasteiger partial charge in [0.1, 0.15) is 5.76 Å². The number of halogens is 2. The molecular formula is C13H14F2N2O. The van der Waals surface area contributed by atoms with Crippen molar-refractivity contribution in [1.82, 2.24) is 5.43 Å². The predicted molar refractivity (Wildman–Crippen MR) is 63.6 cm³/mol. The maximum absolute atomic E-state index is 13.2. The first kappa shape index (κ1) is 12.7. The highest BCUT2D eigenvalue weighted by Gasteiger charge is 2.19. The van der Waals surface area contributed by atoms with Crippen molar-refractivity contribution in [3.05, 3.63) is 59.1 Å². The van der Waals surface area contributed by atoms with Crippen molar-refractivity contribution in [3.63, 3.8) is 0 Å². The van der Waals surface area contributed by atoms with E-state index in [-0.39, 0.29) is 0 Å². The van der Waals surface area contributed by atoms with Gasteiger partial charge in [-0.15, -0.1) is 0 Å². The largest absolute Gasteiger partial charge is 0.469 e. The van der Waals surface area contributed by atoms with Gasteiger partial charge in [-0.25, -0.2) is 14.2 Å². The Labute approximate surface area is 104 Å². The predicted octanol–water partition coefficient (Wildman–Crippen LogP) is 2.67. The molecule has 0 saturated carbocycles. The molecule has 0 aliphatic rings. The molecule has 1 unspecified atom stereocenters. The average molecular weight is 252 g/mol. The number of nitrogens with one attached hydrogen (secondary N) is 1. The van der Waals surface area contributed by atoms with E-state index < -0.39 is 17.7 Å². The molecule has 0 radical (unpaired) electrons. The number of rotatable bonds is 4. The summed E-state index contributed by atoms with van der Waals surface area (Å²) < 4.78 is 31.5. The molecule has 5 heteroatoms. The molecule has 1 aromatic carbocycles. The molecule has 0 spiro atoms. The molecule has 96 valence electrons.